The predicted octanol–water partition coefficient (Wildman–Crippen LogP) is 1.54. The van der Waals surface area contributed by atoms with Crippen LogP contribution in [0.3, 0.4) is 0 Å². The van der Waals surface area contributed by atoms with Crippen LogP contribution in [0, 0.1) is 52.3 Å². The van der Waals surface area contributed by atoms with Crippen LogP contribution in [0.15, 0.2) is 36.4 Å². The summed E-state index contributed by atoms with van der Waals surface area (Å²) < 4.78 is 0. The number of benzene rings is 2. The highest BCUT2D eigenvalue weighted by atomic mass is 16.6. The van der Waals surface area contributed by atoms with Crippen molar-refractivity contribution >= 4 is 45.9 Å². The first-order chi connectivity index (χ1) is 17.7. The van der Waals surface area contributed by atoms with Crippen molar-refractivity contribution in [3.05, 3.63) is 76.9 Å². The summed E-state index contributed by atoms with van der Waals surface area (Å²) in [4.78, 5) is 65.4. The second-order valence-electron chi connectivity index (χ2n) is 7.73. The van der Waals surface area contributed by atoms with E-state index in [1.807, 2.05) is 0 Å². The number of aliphatic hydroxyl groups is 1. The molecule has 0 bridgehead atoms. The number of nitrogens with zero attached hydrogens (tertiary/aromatic N) is 4. The SMILES string of the molecule is C[C@H](C(=O)NNc1ccc([N+](=O)[O-])cc1[N+](=O)[O-])C(O)[C@H](C)C(=O)NNc1ccc([N+](=O)[O-])cc1[N+](=O)[O-]. The maximum Gasteiger partial charge on any atom is 0.300 e. The number of nitrogens with one attached hydrogen (secondary N) is 4. The third-order valence-corrected chi connectivity index (χ3v) is 5.27. The lowest BCUT2D eigenvalue weighted by molar-refractivity contribution is -0.393. The average Bonchev–Trinajstić information content (AvgIpc) is 2.88. The Morgan fingerprint density at radius 3 is 1.32 bits per heavy atom. The minimum atomic E-state index is -1.61. The average molecular weight is 536 g/mol. The smallest absolute Gasteiger partial charge is 0.300 e. The van der Waals surface area contributed by atoms with Gasteiger partial charge in [0.2, 0.25) is 11.8 Å². The molecule has 0 aliphatic carbocycles. The number of non-ortho nitro benzene ring substituents is 2. The maximum atomic E-state index is 12.4. The van der Waals surface area contributed by atoms with E-state index in [9.17, 15) is 55.2 Å². The van der Waals surface area contributed by atoms with Crippen molar-refractivity contribution in [3.8, 4) is 0 Å². The van der Waals surface area contributed by atoms with Crippen molar-refractivity contribution in [2.24, 2.45) is 11.8 Å². The number of aliphatic hydroxyl groups excluding tert-OH is 1. The molecule has 0 aliphatic rings. The van der Waals surface area contributed by atoms with E-state index in [0.29, 0.717) is 12.1 Å². The Balaban J connectivity index is 2.02. The lowest BCUT2D eigenvalue weighted by Crippen LogP contribution is -2.46. The predicted molar refractivity (Wildman–Crippen MR) is 127 cm³/mol. The minimum absolute atomic E-state index is 0.282. The Morgan fingerprint density at radius 2 is 1.03 bits per heavy atom. The Kier molecular flexibility index (Phi) is 9.08. The highest BCUT2D eigenvalue weighted by Crippen LogP contribution is 2.29. The number of rotatable bonds is 12. The van der Waals surface area contributed by atoms with Crippen LogP contribution in [0.1, 0.15) is 13.8 Å². The molecule has 19 nitrogen and oxygen atoms in total. The van der Waals surface area contributed by atoms with E-state index < -0.39 is 72.2 Å². The molecule has 2 aromatic rings. The minimum Gasteiger partial charge on any atom is -0.391 e. The van der Waals surface area contributed by atoms with Gasteiger partial charge < -0.3 is 5.11 Å². The van der Waals surface area contributed by atoms with Gasteiger partial charge in [-0.2, -0.15) is 0 Å². The van der Waals surface area contributed by atoms with Crippen molar-refractivity contribution < 1.29 is 34.4 Å². The zero-order valence-electron chi connectivity index (χ0n) is 19.5. The molecule has 5 N–H and O–H groups in total. The van der Waals surface area contributed by atoms with E-state index in [1.165, 1.54) is 13.8 Å². The van der Waals surface area contributed by atoms with Gasteiger partial charge >= 0.3 is 11.4 Å². The van der Waals surface area contributed by atoms with Gasteiger partial charge in [-0.25, -0.2) is 0 Å². The Bertz CT molecular complexity index is 1200. The highest BCUT2D eigenvalue weighted by molar-refractivity contribution is 5.84. The van der Waals surface area contributed by atoms with Crippen molar-refractivity contribution in [2.45, 2.75) is 20.0 Å². The fourth-order valence-electron chi connectivity index (χ4n) is 3.01. The Labute approximate surface area is 211 Å². The first-order valence-corrected chi connectivity index (χ1v) is 10.4. The number of anilines is 2. The molecule has 0 radical (unpaired) electrons. The molecule has 2 rings (SSSR count). The van der Waals surface area contributed by atoms with Gasteiger partial charge in [0.1, 0.15) is 11.4 Å². The second kappa shape index (κ2) is 12.0. The van der Waals surface area contributed by atoms with Crippen LogP contribution in [-0.2, 0) is 9.59 Å². The van der Waals surface area contributed by atoms with Crippen molar-refractivity contribution in [1.29, 1.82) is 0 Å². The summed E-state index contributed by atoms with van der Waals surface area (Å²) in [5.74, 6) is -4.34. The molecule has 2 aromatic carbocycles. The lowest BCUT2D eigenvalue weighted by Gasteiger charge is -2.24. The van der Waals surface area contributed by atoms with Gasteiger partial charge in [0.25, 0.3) is 11.4 Å². The normalized spacial score (nSPS) is 12.1. The first kappa shape index (κ1) is 28.8. The summed E-state index contributed by atoms with van der Waals surface area (Å²) in [6, 6.07) is 5.29. The molecule has 0 saturated heterocycles. The van der Waals surface area contributed by atoms with Crippen LogP contribution in [0.2, 0.25) is 0 Å². The molecule has 19 heteroatoms. The zero-order valence-corrected chi connectivity index (χ0v) is 19.5. The van der Waals surface area contributed by atoms with E-state index in [1.54, 1.807) is 0 Å². The van der Waals surface area contributed by atoms with Gasteiger partial charge in [0.15, 0.2) is 0 Å². The third kappa shape index (κ3) is 6.81. The number of hydrogen-bond acceptors (Lipinski definition) is 13. The second-order valence-corrected chi connectivity index (χ2v) is 7.73. The molecule has 0 aliphatic heterocycles. The molecule has 0 spiro atoms. The van der Waals surface area contributed by atoms with Crippen LogP contribution in [0.5, 0.6) is 0 Å². The van der Waals surface area contributed by atoms with Gasteiger partial charge in [0.05, 0.1) is 49.8 Å². The molecule has 2 amide bonds. The van der Waals surface area contributed by atoms with Crippen LogP contribution >= 0.6 is 0 Å². The van der Waals surface area contributed by atoms with Crippen molar-refractivity contribution in [3.63, 3.8) is 0 Å². The summed E-state index contributed by atoms with van der Waals surface area (Å²) in [7, 11) is 0. The van der Waals surface area contributed by atoms with E-state index in [0.717, 1.165) is 24.3 Å². The Hall–Kier alpha value is -5.46. The third-order valence-electron chi connectivity index (χ3n) is 5.27. The van der Waals surface area contributed by atoms with E-state index in [-0.39, 0.29) is 11.4 Å². The summed E-state index contributed by atoms with van der Waals surface area (Å²) in [6.45, 7) is 2.48. The number of hydrazine groups is 2. The summed E-state index contributed by atoms with van der Waals surface area (Å²) in [5, 5.41) is 54.5. The first-order valence-electron chi connectivity index (χ1n) is 10.4. The van der Waals surface area contributed by atoms with Crippen LogP contribution < -0.4 is 21.7 Å². The molecular weight excluding hydrogens is 516 g/mol. The van der Waals surface area contributed by atoms with Crippen molar-refractivity contribution in [2.75, 3.05) is 10.9 Å². The van der Waals surface area contributed by atoms with Gasteiger partial charge in [-0.1, -0.05) is 13.8 Å². The molecule has 0 aromatic heterocycles. The van der Waals surface area contributed by atoms with Gasteiger partial charge in [-0.15, -0.1) is 0 Å². The van der Waals surface area contributed by atoms with Gasteiger partial charge in [-0.3, -0.25) is 71.7 Å². The van der Waals surface area contributed by atoms with Crippen LogP contribution in [-0.4, -0.2) is 42.7 Å². The molecule has 38 heavy (non-hydrogen) atoms. The van der Waals surface area contributed by atoms with Crippen LogP contribution in [0.4, 0.5) is 34.1 Å². The highest BCUT2D eigenvalue weighted by Gasteiger charge is 2.32. The number of nitro groups is 4. The standard InChI is InChI=1S/C19H20N8O11/c1-9(18(29)22-20-13-5-3-11(24(31)32)7-15(13)26(35)36)17(28)10(2)19(30)23-21-14-6-4-12(25(33)34)8-16(14)27(37)38/h3-10,17,20-21,28H,1-2H3,(H,22,29)(H,23,30)/t9-,10-/m0/s1. The fourth-order valence-corrected chi connectivity index (χ4v) is 3.01. The largest absolute Gasteiger partial charge is 0.391 e. The molecule has 0 fully saturated rings. The number of nitro benzene ring substituents is 4. The fraction of sp³-hybridized carbons (Fsp3) is 0.263. The van der Waals surface area contributed by atoms with E-state index in [4.69, 9.17) is 0 Å². The van der Waals surface area contributed by atoms with E-state index in [2.05, 4.69) is 21.7 Å². The molecular formula is C19H20N8O11. The zero-order chi connectivity index (χ0) is 28.7. The summed E-state index contributed by atoms with van der Waals surface area (Å²) in [5.41, 5.74) is 5.63. The number of amides is 2. The number of carbonyl (C=O) groups is 2. The number of carbonyl (C=O) groups excluding carboxylic acids is 2. The molecule has 0 heterocycles. The maximum absolute atomic E-state index is 12.4. The quantitative estimate of drug-likeness (QED) is 0.190. The van der Waals surface area contributed by atoms with Gasteiger partial charge in [-0.05, 0) is 12.1 Å². The lowest BCUT2D eigenvalue weighted by atomic mass is 9.92. The summed E-state index contributed by atoms with van der Waals surface area (Å²) >= 11 is 0. The van der Waals surface area contributed by atoms with Crippen LogP contribution in [0.25, 0.3) is 0 Å². The van der Waals surface area contributed by atoms with Crippen molar-refractivity contribution in [1.82, 2.24) is 10.9 Å². The van der Waals surface area contributed by atoms with Gasteiger partial charge in [0, 0.05) is 12.1 Å². The molecule has 202 valence electrons. The monoisotopic (exact) mass is 536 g/mol. The van der Waals surface area contributed by atoms with E-state index >= 15 is 0 Å². The Morgan fingerprint density at radius 1 is 0.684 bits per heavy atom. The summed E-state index contributed by atoms with van der Waals surface area (Å²) in [6.07, 6.45) is -1.61. The number of hydrogen-bond donors (Lipinski definition) is 5. The molecule has 0 unspecified atom stereocenters. The molecule has 0 saturated carbocycles. The molecule has 2 atom stereocenters. The topological polar surface area (TPSA) is 275 Å².